The van der Waals surface area contributed by atoms with E-state index in [1.807, 2.05) is 6.92 Å². The van der Waals surface area contributed by atoms with E-state index in [0.717, 1.165) is 17.0 Å². The molecule has 0 radical (unpaired) electrons. The van der Waals surface area contributed by atoms with Gasteiger partial charge in [0.2, 0.25) is 5.89 Å². The van der Waals surface area contributed by atoms with Gasteiger partial charge in [-0.05, 0) is 36.5 Å². The predicted molar refractivity (Wildman–Crippen MR) is 78.0 cm³/mol. The van der Waals surface area contributed by atoms with Crippen molar-refractivity contribution < 1.29 is 4.42 Å². The quantitative estimate of drug-likeness (QED) is 0.893. The van der Waals surface area contributed by atoms with E-state index in [2.05, 4.69) is 50.9 Å². The predicted octanol–water partition coefficient (Wildman–Crippen LogP) is 3.71. The van der Waals surface area contributed by atoms with Crippen LogP contribution in [0.5, 0.6) is 0 Å². The number of rotatable bonds is 2. The molecular weight excluding hydrogens is 236 g/mol. The van der Waals surface area contributed by atoms with Gasteiger partial charge in [-0.3, -0.25) is 0 Å². The number of nitrogens with zero attached hydrogens (tertiary/aromatic N) is 1. The van der Waals surface area contributed by atoms with Crippen LogP contribution in [0.4, 0.5) is 0 Å². The number of aromatic nitrogens is 1. The van der Waals surface area contributed by atoms with Crippen molar-refractivity contribution in [2.45, 2.75) is 46.6 Å². The van der Waals surface area contributed by atoms with Crippen LogP contribution in [0.15, 0.2) is 22.6 Å². The lowest BCUT2D eigenvalue weighted by molar-refractivity contribution is 0.509. The van der Waals surface area contributed by atoms with Crippen molar-refractivity contribution in [1.29, 1.82) is 0 Å². The molecule has 2 aromatic rings. The first kappa shape index (κ1) is 13.8. The molecule has 0 aliphatic carbocycles. The normalized spacial score (nSPS) is 11.9. The first-order valence-corrected chi connectivity index (χ1v) is 6.61. The second-order valence-corrected chi connectivity index (χ2v) is 6.01. The molecule has 0 aliphatic heterocycles. The lowest BCUT2D eigenvalue weighted by Gasteiger charge is -2.20. The number of hydrogen-bond acceptors (Lipinski definition) is 3. The Morgan fingerprint density at radius 2 is 1.89 bits per heavy atom. The van der Waals surface area contributed by atoms with Gasteiger partial charge in [0.25, 0.3) is 0 Å². The summed E-state index contributed by atoms with van der Waals surface area (Å²) in [7, 11) is 0. The van der Waals surface area contributed by atoms with Gasteiger partial charge in [-0.1, -0.05) is 32.9 Å². The van der Waals surface area contributed by atoms with Crippen molar-refractivity contribution in [1.82, 2.24) is 4.98 Å². The Hall–Kier alpha value is -1.61. The Morgan fingerprint density at radius 3 is 2.42 bits per heavy atom. The summed E-state index contributed by atoms with van der Waals surface area (Å²) in [4.78, 5) is 4.35. The van der Waals surface area contributed by atoms with Gasteiger partial charge in [0.15, 0.2) is 5.76 Å². The van der Waals surface area contributed by atoms with E-state index < -0.39 is 0 Å². The summed E-state index contributed by atoms with van der Waals surface area (Å²) in [5.41, 5.74) is 10.2. The van der Waals surface area contributed by atoms with Gasteiger partial charge in [-0.2, -0.15) is 0 Å². The molecule has 0 amide bonds. The Bertz CT molecular complexity index is 591. The molecular formula is C16H22N2O. The van der Waals surface area contributed by atoms with Crippen molar-refractivity contribution in [2.24, 2.45) is 5.73 Å². The summed E-state index contributed by atoms with van der Waals surface area (Å²) in [6.45, 7) is 11.0. The molecule has 0 saturated carbocycles. The molecule has 2 rings (SSSR count). The van der Waals surface area contributed by atoms with Gasteiger partial charge in [0.1, 0.15) is 0 Å². The van der Waals surface area contributed by atoms with Crippen molar-refractivity contribution in [3.63, 3.8) is 0 Å². The Balaban J connectivity index is 2.57. The average molecular weight is 258 g/mol. The number of oxazole rings is 1. The molecule has 0 saturated heterocycles. The maximum Gasteiger partial charge on any atom is 0.208 e. The second kappa shape index (κ2) is 4.82. The highest BCUT2D eigenvalue weighted by atomic mass is 16.4. The fraction of sp³-hybridized carbons (Fsp3) is 0.438. The Kier molecular flexibility index (Phi) is 3.50. The number of benzene rings is 1. The third kappa shape index (κ3) is 2.71. The molecule has 0 atom stereocenters. The summed E-state index contributed by atoms with van der Waals surface area (Å²) in [6.07, 6.45) is 0. The van der Waals surface area contributed by atoms with Crippen LogP contribution in [-0.2, 0) is 12.0 Å². The molecule has 0 unspecified atom stereocenters. The molecule has 2 N–H and O–H groups in total. The van der Waals surface area contributed by atoms with Crippen LogP contribution in [0.3, 0.4) is 0 Å². The van der Waals surface area contributed by atoms with Gasteiger partial charge in [0, 0.05) is 5.56 Å². The molecule has 3 nitrogen and oxygen atoms in total. The Labute approximate surface area is 114 Å². The maximum atomic E-state index is 5.76. The summed E-state index contributed by atoms with van der Waals surface area (Å²) < 4.78 is 5.76. The number of hydrogen-bond donors (Lipinski definition) is 1. The minimum atomic E-state index is 0.118. The first-order valence-electron chi connectivity index (χ1n) is 6.61. The minimum absolute atomic E-state index is 0.118. The highest BCUT2D eigenvalue weighted by molar-refractivity contribution is 5.65. The zero-order valence-corrected chi connectivity index (χ0v) is 12.4. The fourth-order valence-electron chi connectivity index (χ4n) is 2.12. The van der Waals surface area contributed by atoms with Gasteiger partial charge in [0.05, 0.1) is 12.2 Å². The molecule has 1 aromatic carbocycles. The topological polar surface area (TPSA) is 52.0 Å². The maximum absolute atomic E-state index is 5.76. The van der Waals surface area contributed by atoms with E-state index in [-0.39, 0.29) is 5.41 Å². The third-order valence-electron chi connectivity index (χ3n) is 3.36. The zero-order chi connectivity index (χ0) is 14.2. The van der Waals surface area contributed by atoms with Crippen molar-refractivity contribution in [3.05, 3.63) is 40.9 Å². The Morgan fingerprint density at radius 1 is 1.21 bits per heavy atom. The average Bonchev–Trinajstić information content (AvgIpc) is 2.69. The lowest BCUT2D eigenvalue weighted by Crippen LogP contribution is -2.11. The smallest absolute Gasteiger partial charge is 0.208 e. The van der Waals surface area contributed by atoms with Crippen LogP contribution in [0.1, 0.15) is 43.5 Å². The SMILES string of the molecule is Cc1ccc(C(C)(C)C)cc1-c1oc(CN)nc1C. The van der Waals surface area contributed by atoms with Gasteiger partial charge < -0.3 is 10.2 Å². The van der Waals surface area contributed by atoms with E-state index in [1.165, 1.54) is 11.1 Å². The van der Waals surface area contributed by atoms with Crippen LogP contribution in [0.25, 0.3) is 11.3 Å². The van der Waals surface area contributed by atoms with E-state index in [9.17, 15) is 0 Å². The monoisotopic (exact) mass is 258 g/mol. The van der Waals surface area contributed by atoms with E-state index in [4.69, 9.17) is 10.2 Å². The molecule has 102 valence electrons. The molecule has 0 bridgehead atoms. The molecule has 1 heterocycles. The molecule has 3 heteroatoms. The van der Waals surface area contributed by atoms with Crippen LogP contribution >= 0.6 is 0 Å². The van der Waals surface area contributed by atoms with Gasteiger partial charge >= 0.3 is 0 Å². The largest absolute Gasteiger partial charge is 0.439 e. The summed E-state index contributed by atoms with van der Waals surface area (Å²) >= 11 is 0. The number of nitrogens with two attached hydrogens (primary N) is 1. The summed E-state index contributed by atoms with van der Waals surface area (Å²) in [5.74, 6) is 1.43. The molecule has 0 aliphatic rings. The van der Waals surface area contributed by atoms with Crippen LogP contribution in [-0.4, -0.2) is 4.98 Å². The first-order chi connectivity index (χ1) is 8.82. The van der Waals surface area contributed by atoms with Crippen LogP contribution in [0.2, 0.25) is 0 Å². The highest BCUT2D eigenvalue weighted by Crippen LogP contribution is 2.32. The van der Waals surface area contributed by atoms with Crippen LogP contribution < -0.4 is 5.73 Å². The second-order valence-electron chi connectivity index (χ2n) is 6.01. The molecule has 19 heavy (non-hydrogen) atoms. The molecule has 1 aromatic heterocycles. The van der Waals surface area contributed by atoms with E-state index in [0.29, 0.717) is 12.4 Å². The zero-order valence-electron chi connectivity index (χ0n) is 12.4. The number of aryl methyl sites for hydroxylation is 2. The minimum Gasteiger partial charge on any atom is -0.439 e. The summed E-state index contributed by atoms with van der Waals surface area (Å²) in [6, 6.07) is 6.51. The standard InChI is InChI=1S/C16H22N2O/c1-10-6-7-12(16(3,4)5)8-13(10)15-11(2)18-14(9-17)19-15/h6-8H,9,17H2,1-5H3. The van der Waals surface area contributed by atoms with E-state index >= 15 is 0 Å². The molecule has 0 spiro atoms. The van der Waals surface area contributed by atoms with Crippen molar-refractivity contribution >= 4 is 0 Å². The van der Waals surface area contributed by atoms with Crippen LogP contribution in [0, 0.1) is 13.8 Å². The van der Waals surface area contributed by atoms with Gasteiger partial charge in [-0.15, -0.1) is 0 Å². The molecule has 0 fully saturated rings. The lowest BCUT2D eigenvalue weighted by atomic mass is 9.85. The highest BCUT2D eigenvalue weighted by Gasteiger charge is 2.18. The third-order valence-corrected chi connectivity index (χ3v) is 3.36. The van der Waals surface area contributed by atoms with Gasteiger partial charge in [-0.25, -0.2) is 4.98 Å². The van der Waals surface area contributed by atoms with E-state index in [1.54, 1.807) is 0 Å². The van der Waals surface area contributed by atoms with Crippen molar-refractivity contribution in [3.8, 4) is 11.3 Å². The summed E-state index contributed by atoms with van der Waals surface area (Å²) in [5, 5.41) is 0. The fourth-order valence-corrected chi connectivity index (χ4v) is 2.12. The van der Waals surface area contributed by atoms with Crippen molar-refractivity contribution in [2.75, 3.05) is 0 Å².